The molecule has 0 spiro atoms. The van der Waals surface area contributed by atoms with Crippen LogP contribution in [0.5, 0.6) is 17.2 Å². The van der Waals surface area contributed by atoms with E-state index in [4.69, 9.17) is 14.2 Å². The second-order valence-corrected chi connectivity index (χ2v) is 4.37. The number of halogens is 1. The van der Waals surface area contributed by atoms with Gasteiger partial charge in [-0.15, -0.1) is 0 Å². The van der Waals surface area contributed by atoms with E-state index in [0.717, 1.165) is 0 Å². The summed E-state index contributed by atoms with van der Waals surface area (Å²) in [5.41, 5.74) is 0.965. The van der Waals surface area contributed by atoms with Crippen LogP contribution in [-0.2, 0) is 0 Å². The molecular formula is C16H17FO4. The van der Waals surface area contributed by atoms with E-state index in [2.05, 4.69) is 0 Å². The summed E-state index contributed by atoms with van der Waals surface area (Å²) in [6.45, 7) is 0. The first-order chi connectivity index (χ1) is 10.1. The lowest BCUT2D eigenvalue weighted by Crippen LogP contribution is -2.05. The molecule has 1 N–H and O–H groups in total. The minimum atomic E-state index is -1.02. The number of hydrogen-bond donors (Lipinski definition) is 1. The smallest absolute Gasteiger partial charge is 0.165 e. The van der Waals surface area contributed by atoms with Gasteiger partial charge in [-0.2, -0.15) is 0 Å². The number of rotatable bonds is 5. The van der Waals surface area contributed by atoms with Crippen LogP contribution >= 0.6 is 0 Å². The molecule has 4 nitrogen and oxygen atoms in total. The zero-order chi connectivity index (χ0) is 15.4. The van der Waals surface area contributed by atoms with Gasteiger partial charge >= 0.3 is 0 Å². The predicted molar refractivity (Wildman–Crippen MR) is 76.6 cm³/mol. The Kier molecular flexibility index (Phi) is 4.65. The molecule has 0 aliphatic rings. The summed E-state index contributed by atoms with van der Waals surface area (Å²) in [7, 11) is 4.39. The SMILES string of the molecule is COc1cc(C(O)c2c(OC)cccc2OC)ccc1F. The molecule has 0 heterocycles. The van der Waals surface area contributed by atoms with Crippen molar-refractivity contribution in [1.29, 1.82) is 0 Å². The zero-order valence-corrected chi connectivity index (χ0v) is 12.1. The highest BCUT2D eigenvalue weighted by molar-refractivity contribution is 5.50. The maximum atomic E-state index is 13.5. The third kappa shape index (κ3) is 2.92. The van der Waals surface area contributed by atoms with Gasteiger partial charge in [-0.1, -0.05) is 12.1 Å². The van der Waals surface area contributed by atoms with Crippen molar-refractivity contribution in [2.24, 2.45) is 0 Å². The van der Waals surface area contributed by atoms with Gasteiger partial charge in [0, 0.05) is 0 Å². The van der Waals surface area contributed by atoms with Crippen molar-refractivity contribution in [3.05, 3.63) is 53.3 Å². The number of aliphatic hydroxyl groups is 1. The van der Waals surface area contributed by atoms with E-state index >= 15 is 0 Å². The third-order valence-corrected chi connectivity index (χ3v) is 3.23. The van der Waals surface area contributed by atoms with Crippen molar-refractivity contribution in [2.45, 2.75) is 6.10 Å². The van der Waals surface area contributed by atoms with Crippen molar-refractivity contribution in [1.82, 2.24) is 0 Å². The number of aliphatic hydroxyl groups excluding tert-OH is 1. The van der Waals surface area contributed by atoms with Gasteiger partial charge in [-0.25, -0.2) is 4.39 Å². The van der Waals surface area contributed by atoms with E-state index in [9.17, 15) is 9.50 Å². The van der Waals surface area contributed by atoms with E-state index in [1.54, 1.807) is 18.2 Å². The molecule has 0 saturated heterocycles. The first kappa shape index (κ1) is 15.1. The molecule has 0 aliphatic carbocycles. The Morgan fingerprint density at radius 3 is 2.00 bits per heavy atom. The lowest BCUT2D eigenvalue weighted by atomic mass is 9.99. The Hall–Kier alpha value is -2.27. The van der Waals surface area contributed by atoms with E-state index in [0.29, 0.717) is 22.6 Å². The van der Waals surface area contributed by atoms with Gasteiger partial charge in [-0.05, 0) is 29.8 Å². The normalized spacial score (nSPS) is 11.9. The van der Waals surface area contributed by atoms with Gasteiger partial charge < -0.3 is 19.3 Å². The maximum Gasteiger partial charge on any atom is 0.165 e. The zero-order valence-electron chi connectivity index (χ0n) is 12.1. The number of hydrogen-bond acceptors (Lipinski definition) is 4. The summed E-state index contributed by atoms with van der Waals surface area (Å²) >= 11 is 0. The Morgan fingerprint density at radius 1 is 0.905 bits per heavy atom. The molecule has 2 aromatic rings. The lowest BCUT2D eigenvalue weighted by Gasteiger charge is -2.19. The van der Waals surface area contributed by atoms with Crippen LogP contribution in [0, 0.1) is 5.82 Å². The Bertz CT molecular complexity index is 605. The van der Waals surface area contributed by atoms with Gasteiger partial charge in [0.05, 0.1) is 26.9 Å². The van der Waals surface area contributed by atoms with Crippen molar-refractivity contribution in [3.63, 3.8) is 0 Å². The van der Waals surface area contributed by atoms with Crippen molar-refractivity contribution in [2.75, 3.05) is 21.3 Å². The molecule has 2 rings (SSSR count). The third-order valence-electron chi connectivity index (χ3n) is 3.23. The van der Waals surface area contributed by atoms with Crippen LogP contribution in [0.3, 0.4) is 0 Å². The molecule has 112 valence electrons. The monoisotopic (exact) mass is 292 g/mol. The first-order valence-electron chi connectivity index (χ1n) is 6.34. The fraction of sp³-hybridized carbons (Fsp3) is 0.250. The molecule has 2 aromatic carbocycles. The van der Waals surface area contributed by atoms with Gasteiger partial charge in [0.25, 0.3) is 0 Å². The standard InChI is InChI=1S/C16H17FO4/c1-19-12-5-4-6-13(20-2)15(12)16(18)10-7-8-11(17)14(9-10)21-3/h4-9,16,18H,1-3H3. The summed E-state index contributed by atoms with van der Waals surface area (Å²) in [5, 5.41) is 10.6. The van der Waals surface area contributed by atoms with Crippen LogP contribution < -0.4 is 14.2 Å². The van der Waals surface area contributed by atoms with E-state index in [1.807, 2.05) is 0 Å². The number of ether oxygens (including phenoxy) is 3. The van der Waals surface area contributed by atoms with Crippen LogP contribution in [0.2, 0.25) is 0 Å². The molecule has 0 aliphatic heterocycles. The van der Waals surface area contributed by atoms with Gasteiger partial charge in [0.1, 0.15) is 17.6 Å². The summed E-state index contributed by atoms with van der Waals surface area (Å²) < 4.78 is 28.9. The molecule has 21 heavy (non-hydrogen) atoms. The van der Waals surface area contributed by atoms with Gasteiger partial charge in [0.15, 0.2) is 11.6 Å². The summed E-state index contributed by atoms with van der Waals surface area (Å²) in [6.07, 6.45) is -1.02. The van der Waals surface area contributed by atoms with Gasteiger partial charge in [0.2, 0.25) is 0 Å². The second-order valence-electron chi connectivity index (χ2n) is 4.37. The molecule has 0 fully saturated rings. The minimum Gasteiger partial charge on any atom is -0.496 e. The molecule has 0 bridgehead atoms. The van der Waals surface area contributed by atoms with Crippen molar-refractivity contribution in [3.8, 4) is 17.2 Å². The first-order valence-corrected chi connectivity index (χ1v) is 6.34. The van der Waals surface area contributed by atoms with Crippen LogP contribution in [-0.4, -0.2) is 26.4 Å². The fourth-order valence-electron chi connectivity index (χ4n) is 2.16. The van der Waals surface area contributed by atoms with E-state index in [-0.39, 0.29) is 5.75 Å². The molecule has 1 atom stereocenters. The van der Waals surface area contributed by atoms with Crippen LogP contribution in [0.4, 0.5) is 4.39 Å². The lowest BCUT2D eigenvalue weighted by molar-refractivity contribution is 0.208. The molecule has 0 saturated carbocycles. The highest BCUT2D eigenvalue weighted by atomic mass is 19.1. The average molecular weight is 292 g/mol. The van der Waals surface area contributed by atoms with Crippen molar-refractivity contribution < 1.29 is 23.7 Å². The highest BCUT2D eigenvalue weighted by Crippen LogP contribution is 2.38. The molecule has 1 unspecified atom stereocenters. The summed E-state index contributed by atoms with van der Waals surface area (Å²) in [5.74, 6) is 0.566. The fourth-order valence-corrected chi connectivity index (χ4v) is 2.16. The van der Waals surface area contributed by atoms with Crippen LogP contribution in [0.25, 0.3) is 0 Å². The predicted octanol–water partition coefficient (Wildman–Crippen LogP) is 2.93. The molecule has 0 amide bonds. The average Bonchev–Trinajstić information content (AvgIpc) is 2.53. The summed E-state index contributed by atoms with van der Waals surface area (Å²) in [4.78, 5) is 0. The largest absolute Gasteiger partial charge is 0.496 e. The Morgan fingerprint density at radius 2 is 1.48 bits per heavy atom. The molecule has 0 aromatic heterocycles. The van der Waals surface area contributed by atoms with E-state index in [1.165, 1.54) is 39.5 Å². The maximum absolute atomic E-state index is 13.5. The Labute approximate surface area is 122 Å². The quantitative estimate of drug-likeness (QED) is 0.920. The van der Waals surface area contributed by atoms with Gasteiger partial charge in [-0.3, -0.25) is 0 Å². The highest BCUT2D eigenvalue weighted by Gasteiger charge is 2.21. The molecule has 5 heteroatoms. The van der Waals surface area contributed by atoms with Crippen molar-refractivity contribution >= 4 is 0 Å². The van der Waals surface area contributed by atoms with Crippen LogP contribution in [0.15, 0.2) is 36.4 Å². The molecular weight excluding hydrogens is 275 g/mol. The minimum absolute atomic E-state index is 0.0698. The molecule has 0 radical (unpaired) electrons. The van der Waals surface area contributed by atoms with Crippen LogP contribution in [0.1, 0.15) is 17.2 Å². The topological polar surface area (TPSA) is 47.9 Å². The number of methoxy groups -OCH3 is 3. The van der Waals surface area contributed by atoms with E-state index < -0.39 is 11.9 Å². The second kappa shape index (κ2) is 6.45. The number of benzene rings is 2. The Balaban J connectivity index is 2.51. The summed E-state index contributed by atoms with van der Waals surface area (Å²) in [6, 6.07) is 9.41.